The quantitative estimate of drug-likeness (QED) is 0.405. The molecule has 3 heterocycles. The number of benzene rings is 2. The number of carbonyl (C=O) groups is 1. The fourth-order valence-corrected chi connectivity index (χ4v) is 3.80. The van der Waals surface area contributed by atoms with Crippen LogP contribution in [-0.2, 0) is 0 Å². The van der Waals surface area contributed by atoms with Gasteiger partial charge >= 0.3 is 6.03 Å². The summed E-state index contributed by atoms with van der Waals surface area (Å²) in [6.45, 7) is 0. The van der Waals surface area contributed by atoms with Crippen LogP contribution in [0, 0.1) is 5.82 Å². The number of hydrogen-bond donors (Lipinski definition) is 2. The Kier molecular flexibility index (Phi) is 4.85. The van der Waals surface area contributed by atoms with Crippen molar-refractivity contribution in [2.75, 3.05) is 10.6 Å². The summed E-state index contributed by atoms with van der Waals surface area (Å²) in [5.41, 5.74) is 2.80. The van der Waals surface area contributed by atoms with Crippen LogP contribution < -0.4 is 10.6 Å². The van der Waals surface area contributed by atoms with Crippen molar-refractivity contribution in [3.05, 3.63) is 84.0 Å². The van der Waals surface area contributed by atoms with Crippen LogP contribution in [0.4, 0.5) is 20.6 Å². The largest absolute Gasteiger partial charge is 0.323 e. The third-order valence-corrected chi connectivity index (χ3v) is 5.41. The lowest BCUT2D eigenvalue weighted by Gasteiger charge is -2.10. The van der Waals surface area contributed by atoms with E-state index >= 15 is 0 Å². The second-order valence-corrected chi connectivity index (χ2v) is 7.58. The number of nitrogens with zero attached hydrogens (tertiary/aromatic N) is 4. The smallest absolute Gasteiger partial charge is 0.308 e. The minimum atomic E-state index is -0.538. The van der Waals surface area contributed by atoms with Gasteiger partial charge in [-0.15, -0.1) is 21.5 Å². The molecule has 9 heteroatoms. The molecule has 31 heavy (non-hydrogen) atoms. The molecule has 0 radical (unpaired) electrons. The van der Waals surface area contributed by atoms with Crippen molar-refractivity contribution in [1.82, 2.24) is 19.8 Å². The standard InChI is InChI=1S/C22H15FN6OS/c23-16-7-1-2-8-18(16)25-22(30)24-15-6-3-5-14(13-15)17-10-11-20-26-27-21(29(20)28-17)19-9-4-12-31-19/h1-13H,(H2,24,25,30). The monoisotopic (exact) mass is 430 g/mol. The van der Waals surface area contributed by atoms with Gasteiger partial charge in [0.25, 0.3) is 0 Å². The van der Waals surface area contributed by atoms with E-state index in [1.807, 2.05) is 41.8 Å². The molecule has 0 saturated heterocycles. The van der Waals surface area contributed by atoms with Crippen molar-refractivity contribution in [3.8, 4) is 22.0 Å². The highest BCUT2D eigenvalue weighted by atomic mass is 32.1. The Bertz CT molecular complexity index is 1380. The maximum atomic E-state index is 13.7. The molecule has 2 N–H and O–H groups in total. The van der Waals surface area contributed by atoms with E-state index in [1.54, 1.807) is 40.1 Å². The number of urea groups is 1. The Hall–Kier alpha value is -4.11. The third-order valence-electron chi connectivity index (χ3n) is 4.54. The van der Waals surface area contributed by atoms with Gasteiger partial charge in [-0.1, -0.05) is 30.3 Å². The lowest BCUT2D eigenvalue weighted by atomic mass is 10.1. The summed E-state index contributed by atoms with van der Waals surface area (Å²) in [7, 11) is 0. The van der Waals surface area contributed by atoms with Crippen molar-refractivity contribution in [2.24, 2.45) is 0 Å². The number of hydrogen-bond acceptors (Lipinski definition) is 5. The van der Waals surface area contributed by atoms with Crippen LogP contribution in [0.5, 0.6) is 0 Å². The van der Waals surface area contributed by atoms with E-state index in [9.17, 15) is 9.18 Å². The van der Waals surface area contributed by atoms with Crippen LogP contribution in [0.15, 0.2) is 78.2 Å². The summed E-state index contributed by atoms with van der Waals surface area (Å²) in [6, 6.07) is 20.3. The molecule has 0 fully saturated rings. The van der Waals surface area contributed by atoms with Crippen LogP contribution >= 0.6 is 11.3 Å². The molecule has 0 saturated carbocycles. The number of nitrogens with one attached hydrogen (secondary N) is 2. The number of aromatic nitrogens is 4. The number of fused-ring (bicyclic) bond motifs is 1. The van der Waals surface area contributed by atoms with Crippen LogP contribution in [0.2, 0.25) is 0 Å². The predicted octanol–water partition coefficient (Wildman–Crippen LogP) is 5.30. The summed E-state index contributed by atoms with van der Waals surface area (Å²) in [5, 5.41) is 20.3. The first-order chi connectivity index (χ1) is 15.2. The molecule has 2 aromatic carbocycles. The molecule has 0 atom stereocenters. The summed E-state index contributed by atoms with van der Waals surface area (Å²) in [5.74, 6) is 0.171. The minimum absolute atomic E-state index is 0.108. The van der Waals surface area contributed by atoms with Crippen molar-refractivity contribution in [1.29, 1.82) is 0 Å². The summed E-state index contributed by atoms with van der Waals surface area (Å²) in [6.07, 6.45) is 0. The fraction of sp³-hybridized carbons (Fsp3) is 0. The molecule has 0 aliphatic heterocycles. The van der Waals surface area contributed by atoms with Gasteiger partial charge in [0.15, 0.2) is 11.5 Å². The third kappa shape index (κ3) is 3.86. The summed E-state index contributed by atoms with van der Waals surface area (Å²) < 4.78 is 15.4. The molecular formula is C22H15FN6OS. The van der Waals surface area contributed by atoms with Crippen molar-refractivity contribution >= 4 is 34.4 Å². The number of rotatable bonds is 4. The second kappa shape index (κ2) is 7.96. The molecule has 0 bridgehead atoms. The average Bonchev–Trinajstić information content (AvgIpc) is 3.44. The number of amides is 2. The molecule has 0 spiro atoms. The first kappa shape index (κ1) is 18.9. The minimum Gasteiger partial charge on any atom is -0.308 e. The number of thiophene rings is 1. The average molecular weight is 430 g/mol. The van der Waals surface area contributed by atoms with Crippen molar-refractivity contribution in [3.63, 3.8) is 0 Å². The second-order valence-electron chi connectivity index (χ2n) is 6.63. The predicted molar refractivity (Wildman–Crippen MR) is 119 cm³/mol. The maximum absolute atomic E-state index is 13.7. The molecule has 0 unspecified atom stereocenters. The Balaban J connectivity index is 1.41. The van der Waals surface area contributed by atoms with Gasteiger partial charge in [-0.05, 0) is 47.8 Å². The zero-order valence-corrected chi connectivity index (χ0v) is 16.8. The van der Waals surface area contributed by atoms with Crippen molar-refractivity contribution in [2.45, 2.75) is 0 Å². The van der Waals surface area contributed by atoms with Gasteiger partial charge in [0.1, 0.15) is 5.82 Å². The highest BCUT2D eigenvalue weighted by Gasteiger charge is 2.12. The Morgan fingerprint density at radius 1 is 0.935 bits per heavy atom. The topological polar surface area (TPSA) is 84.2 Å². The molecule has 0 aliphatic carbocycles. The van der Waals surface area contributed by atoms with Crippen molar-refractivity contribution < 1.29 is 9.18 Å². The van der Waals surface area contributed by atoms with Crippen LogP contribution in [0.1, 0.15) is 0 Å². The van der Waals surface area contributed by atoms with E-state index in [2.05, 4.69) is 25.9 Å². The lowest BCUT2D eigenvalue weighted by molar-refractivity contribution is 0.262. The highest BCUT2D eigenvalue weighted by Crippen LogP contribution is 2.25. The molecule has 5 rings (SSSR count). The van der Waals surface area contributed by atoms with E-state index in [-0.39, 0.29) is 5.69 Å². The van der Waals surface area contributed by atoms with Crippen LogP contribution in [-0.4, -0.2) is 25.8 Å². The van der Waals surface area contributed by atoms with E-state index in [0.717, 1.165) is 10.4 Å². The summed E-state index contributed by atoms with van der Waals surface area (Å²) >= 11 is 1.56. The zero-order chi connectivity index (χ0) is 21.2. The molecule has 3 aromatic heterocycles. The van der Waals surface area contributed by atoms with Crippen LogP contribution in [0.3, 0.4) is 0 Å². The van der Waals surface area contributed by atoms with E-state index in [4.69, 9.17) is 0 Å². The molecular weight excluding hydrogens is 415 g/mol. The van der Waals surface area contributed by atoms with Gasteiger partial charge in [-0.25, -0.2) is 9.18 Å². The van der Waals surface area contributed by atoms with Crippen LogP contribution in [0.25, 0.3) is 27.6 Å². The molecule has 5 aromatic rings. The lowest BCUT2D eigenvalue weighted by Crippen LogP contribution is -2.20. The molecule has 2 amide bonds. The Labute approximate surface area is 180 Å². The fourth-order valence-electron chi connectivity index (χ4n) is 3.11. The SMILES string of the molecule is O=C(Nc1cccc(-c2ccc3nnc(-c4cccs4)n3n2)c1)Nc1ccccc1F. The van der Waals surface area contributed by atoms with E-state index in [1.165, 1.54) is 12.1 Å². The highest BCUT2D eigenvalue weighted by molar-refractivity contribution is 7.13. The van der Waals surface area contributed by atoms with Gasteiger partial charge in [0.2, 0.25) is 0 Å². The van der Waals surface area contributed by atoms with Gasteiger partial charge in [0.05, 0.1) is 16.3 Å². The Morgan fingerprint density at radius 2 is 1.84 bits per heavy atom. The maximum Gasteiger partial charge on any atom is 0.323 e. The number of carbonyl (C=O) groups excluding carboxylic acids is 1. The first-order valence-corrected chi connectivity index (χ1v) is 10.2. The van der Waals surface area contributed by atoms with Gasteiger partial charge < -0.3 is 10.6 Å². The van der Waals surface area contributed by atoms with Gasteiger partial charge in [0, 0.05) is 11.3 Å². The Morgan fingerprint density at radius 3 is 2.68 bits per heavy atom. The van der Waals surface area contributed by atoms with Gasteiger partial charge in [-0.2, -0.15) is 9.61 Å². The normalized spacial score (nSPS) is 10.9. The number of halogens is 1. The number of anilines is 2. The molecule has 7 nitrogen and oxygen atoms in total. The zero-order valence-electron chi connectivity index (χ0n) is 16.0. The molecule has 0 aliphatic rings. The summed E-state index contributed by atoms with van der Waals surface area (Å²) in [4.78, 5) is 13.2. The van der Waals surface area contributed by atoms with E-state index < -0.39 is 11.8 Å². The molecule has 152 valence electrons. The van der Waals surface area contributed by atoms with Gasteiger partial charge in [-0.3, -0.25) is 0 Å². The first-order valence-electron chi connectivity index (χ1n) is 9.37. The van der Waals surface area contributed by atoms with E-state index in [0.29, 0.717) is 22.9 Å². The number of para-hydroxylation sites is 1.